The average molecular weight is 223 g/mol. The van der Waals surface area contributed by atoms with Crippen molar-refractivity contribution in [2.45, 2.75) is 32.3 Å². The van der Waals surface area contributed by atoms with Crippen LogP contribution in [0, 0.1) is 0 Å². The van der Waals surface area contributed by atoms with Crippen LogP contribution in [0.3, 0.4) is 0 Å². The summed E-state index contributed by atoms with van der Waals surface area (Å²) in [5, 5.41) is 0. The minimum absolute atomic E-state index is 0.214. The van der Waals surface area contributed by atoms with Gasteiger partial charge >= 0.3 is 0 Å². The summed E-state index contributed by atoms with van der Waals surface area (Å²) in [4.78, 5) is 4.00. The summed E-state index contributed by atoms with van der Waals surface area (Å²) in [6, 6.07) is 0. The SMILES string of the molecule is C=C1CCC(C)(OC)CO/C1=C(\C)C=NC. The summed E-state index contributed by atoms with van der Waals surface area (Å²) >= 11 is 0. The Balaban J connectivity index is 2.91. The van der Waals surface area contributed by atoms with Crippen LogP contribution in [0.25, 0.3) is 0 Å². The van der Waals surface area contributed by atoms with Crippen molar-refractivity contribution in [1.82, 2.24) is 0 Å². The van der Waals surface area contributed by atoms with E-state index in [1.807, 2.05) is 6.92 Å². The number of rotatable bonds is 2. The molecule has 1 rings (SSSR count). The second-order valence-electron chi connectivity index (χ2n) is 4.45. The van der Waals surface area contributed by atoms with Crippen molar-refractivity contribution in [1.29, 1.82) is 0 Å². The van der Waals surface area contributed by atoms with E-state index in [0.29, 0.717) is 6.61 Å². The molecular formula is C13H21NO2. The maximum atomic E-state index is 5.80. The van der Waals surface area contributed by atoms with Crippen LogP contribution >= 0.6 is 0 Å². The van der Waals surface area contributed by atoms with Crippen LogP contribution in [0.15, 0.2) is 28.5 Å². The minimum atomic E-state index is -0.214. The van der Waals surface area contributed by atoms with Crippen molar-refractivity contribution in [3.8, 4) is 0 Å². The van der Waals surface area contributed by atoms with E-state index < -0.39 is 0 Å². The van der Waals surface area contributed by atoms with Crippen LogP contribution in [0.2, 0.25) is 0 Å². The molecule has 1 heterocycles. The Bertz CT molecular complexity index is 331. The van der Waals surface area contributed by atoms with E-state index in [1.54, 1.807) is 20.4 Å². The lowest BCUT2D eigenvalue weighted by Gasteiger charge is -2.25. The first kappa shape index (κ1) is 13.0. The summed E-state index contributed by atoms with van der Waals surface area (Å²) < 4.78 is 11.3. The fraction of sp³-hybridized carbons (Fsp3) is 0.615. The highest BCUT2D eigenvalue weighted by molar-refractivity contribution is 5.79. The summed E-state index contributed by atoms with van der Waals surface area (Å²) in [7, 11) is 3.48. The number of allylic oxidation sites excluding steroid dienone is 2. The molecule has 1 fully saturated rings. The fourth-order valence-electron chi connectivity index (χ4n) is 1.73. The molecule has 0 spiro atoms. The highest BCUT2D eigenvalue weighted by Crippen LogP contribution is 2.30. The van der Waals surface area contributed by atoms with Gasteiger partial charge in [0.2, 0.25) is 0 Å². The number of methoxy groups -OCH3 is 1. The maximum absolute atomic E-state index is 5.80. The molecule has 0 bridgehead atoms. The lowest BCUT2D eigenvalue weighted by molar-refractivity contribution is -0.0441. The molecule has 90 valence electrons. The van der Waals surface area contributed by atoms with E-state index in [9.17, 15) is 0 Å². The largest absolute Gasteiger partial charge is 0.490 e. The van der Waals surface area contributed by atoms with Gasteiger partial charge < -0.3 is 9.47 Å². The Morgan fingerprint density at radius 1 is 1.62 bits per heavy atom. The predicted molar refractivity (Wildman–Crippen MR) is 66.9 cm³/mol. The predicted octanol–water partition coefficient (Wildman–Crippen LogP) is 2.73. The van der Waals surface area contributed by atoms with Gasteiger partial charge in [0.1, 0.15) is 12.4 Å². The zero-order chi connectivity index (χ0) is 12.2. The first-order chi connectivity index (χ1) is 7.52. The number of ether oxygens (including phenoxy) is 2. The van der Waals surface area contributed by atoms with Crippen molar-refractivity contribution >= 4 is 6.21 Å². The molecule has 16 heavy (non-hydrogen) atoms. The molecule has 0 aliphatic carbocycles. The second-order valence-corrected chi connectivity index (χ2v) is 4.45. The van der Waals surface area contributed by atoms with Crippen LogP contribution < -0.4 is 0 Å². The third-order valence-electron chi connectivity index (χ3n) is 2.97. The normalized spacial score (nSPS) is 30.1. The topological polar surface area (TPSA) is 30.8 Å². The number of hydrogen-bond acceptors (Lipinski definition) is 3. The Morgan fingerprint density at radius 2 is 2.31 bits per heavy atom. The Hall–Kier alpha value is -1.09. The van der Waals surface area contributed by atoms with Crippen LogP contribution in [-0.2, 0) is 9.47 Å². The Kier molecular flexibility index (Phi) is 4.30. The molecule has 1 unspecified atom stereocenters. The number of hydrogen-bond donors (Lipinski definition) is 0. The quantitative estimate of drug-likeness (QED) is 0.674. The zero-order valence-electron chi connectivity index (χ0n) is 10.7. The first-order valence-electron chi connectivity index (χ1n) is 5.51. The molecule has 1 atom stereocenters. The van der Waals surface area contributed by atoms with Crippen LogP contribution in [0.4, 0.5) is 0 Å². The van der Waals surface area contributed by atoms with Gasteiger partial charge in [-0.1, -0.05) is 6.58 Å². The molecule has 3 nitrogen and oxygen atoms in total. The molecule has 1 saturated heterocycles. The highest BCUT2D eigenvalue weighted by atomic mass is 16.5. The number of nitrogens with zero attached hydrogens (tertiary/aromatic N) is 1. The fourth-order valence-corrected chi connectivity index (χ4v) is 1.73. The molecule has 0 saturated carbocycles. The first-order valence-corrected chi connectivity index (χ1v) is 5.51. The van der Waals surface area contributed by atoms with Gasteiger partial charge in [0.05, 0.1) is 5.60 Å². The summed E-state index contributed by atoms with van der Waals surface area (Å²) in [6.07, 6.45) is 3.63. The van der Waals surface area contributed by atoms with Crippen molar-refractivity contribution < 1.29 is 9.47 Å². The van der Waals surface area contributed by atoms with Gasteiger partial charge in [-0.3, -0.25) is 4.99 Å². The molecule has 0 aromatic carbocycles. The molecule has 0 radical (unpaired) electrons. The van der Waals surface area contributed by atoms with Gasteiger partial charge in [0, 0.05) is 25.9 Å². The van der Waals surface area contributed by atoms with Crippen molar-refractivity contribution in [2.75, 3.05) is 20.8 Å². The summed E-state index contributed by atoms with van der Waals surface area (Å²) in [5.74, 6) is 0.867. The molecule has 0 aromatic heterocycles. The van der Waals surface area contributed by atoms with Gasteiger partial charge in [-0.2, -0.15) is 0 Å². The zero-order valence-corrected chi connectivity index (χ0v) is 10.7. The maximum Gasteiger partial charge on any atom is 0.126 e. The molecule has 0 N–H and O–H groups in total. The lowest BCUT2D eigenvalue weighted by atomic mass is 9.98. The van der Waals surface area contributed by atoms with Gasteiger partial charge in [-0.15, -0.1) is 0 Å². The third-order valence-corrected chi connectivity index (χ3v) is 2.97. The van der Waals surface area contributed by atoms with Gasteiger partial charge in [0.25, 0.3) is 0 Å². The smallest absolute Gasteiger partial charge is 0.126 e. The summed E-state index contributed by atoms with van der Waals surface area (Å²) in [5.41, 5.74) is 1.83. The summed E-state index contributed by atoms with van der Waals surface area (Å²) in [6.45, 7) is 8.67. The van der Waals surface area contributed by atoms with E-state index in [1.165, 1.54) is 0 Å². The lowest BCUT2D eigenvalue weighted by Crippen LogP contribution is -2.31. The van der Waals surface area contributed by atoms with Crippen LogP contribution in [0.5, 0.6) is 0 Å². The van der Waals surface area contributed by atoms with Crippen molar-refractivity contribution in [2.24, 2.45) is 4.99 Å². The van der Waals surface area contributed by atoms with E-state index >= 15 is 0 Å². The Morgan fingerprint density at radius 3 is 2.88 bits per heavy atom. The van der Waals surface area contributed by atoms with E-state index in [-0.39, 0.29) is 5.60 Å². The van der Waals surface area contributed by atoms with Crippen LogP contribution in [-0.4, -0.2) is 32.6 Å². The molecule has 1 aliphatic rings. The minimum Gasteiger partial charge on any atom is -0.490 e. The molecule has 0 amide bonds. The molecule has 3 heteroatoms. The van der Waals surface area contributed by atoms with E-state index in [0.717, 1.165) is 29.7 Å². The Labute approximate surface area is 97.9 Å². The third kappa shape index (κ3) is 2.95. The average Bonchev–Trinajstić information content (AvgIpc) is 2.41. The monoisotopic (exact) mass is 223 g/mol. The van der Waals surface area contributed by atoms with Gasteiger partial charge in [-0.25, -0.2) is 0 Å². The van der Waals surface area contributed by atoms with E-state index in [4.69, 9.17) is 9.47 Å². The number of aliphatic imine (C=N–C) groups is 1. The molecule has 1 aliphatic heterocycles. The van der Waals surface area contributed by atoms with Crippen molar-refractivity contribution in [3.63, 3.8) is 0 Å². The van der Waals surface area contributed by atoms with E-state index in [2.05, 4.69) is 18.5 Å². The molecular weight excluding hydrogens is 202 g/mol. The van der Waals surface area contributed by atoms with Crippen molar-refractivity contribution in [3.05, 3.63) is 23.5 Å². The second kappa shape index (κ2) is 5.30. The van der Waals surface area contributed by atoms with Crippen LogP contribution in [0.1, 0.15) is 26.7 Å². The molecule has 0 aromatic rings. The van der Waals surface area contributed by atoms with Gasteiger partial charge in [0.15, 0.2) is 0 Å². The highest BCUT2D eigenvalue weighted by Gasteiger charge is 2.29. The van der Waals surface area contributed by atoms with Gasteiger partial charge in [-0.05, 0) is 32.3 Å². The standard InChI is InChI=1S/C13H21NO2/c1-10-6-7-13(3,15-5)9-16-12(10)11(2)8-14-4/h8H,1,6-7,9H2,2-5H3/b12-11+,14-8?.